The molecule has 108 valence electrons. The Morgan fingerprint density at radius 1 is 1.55 bits per heavy atom. The Kier molecular flexibility index (Phi) is 3.92. The zero-order valence-corrected chi connectivity index (χ0v) is 11.5. The van der Waals surface area contributed by atoms with Gasteiger partial charge >= 0.3 is 11.8 Å². The van der Waals surface area contributed by atoms with Crippen molar-refractivity contribution in [2.75, 3.05) is 11.6 Å². The molecule has 0 amide bonds. The minimum absolute atomic E-state index is 0.0241. The molecule has 2 heterocycles. The van der Waals surface area contributed by atoms with Crippen LogP contribution in [0.25, 0.3) is 0 Å². The molecular weight excluding hydrogens is 310 g/mol. The van der Waals surface area contributed by atoms with Crippen LogP contribution in [0.1, 0.15) is 0 Å². The number of hydrogen-bond acceptors (Lipinski definition) is 7. The summed E-state index contributed by atoms with van der Waals surface area (Å²) in [6.07, 6.45) is 0.857. The van der Waals surface area contributed by atoms with Gasteiger partial charge in [-0.1, -0.05) is 0 Å². The number of carboxylic acid groups (broad SMARTS) is 1. The largest absolute Gasteiger partial charge is 0.480 e. The van der Waals surface area contributed by atoms with Crippen LogP contribution in [0.5, 0.6) is 0 Å². The number of thioether (sulfide) groups is 1. The summed E-state index contributed by atoms with van der Waals surface area (Å²) >= 11 is 1.19. The number of aliphatic carboxylic acids is 1. The van der Waals surface area contributed by atoms with Gasteiger partial charge in [0.25, 0.3) is 0 Å². The van der Waals surface area contributed by atoms with E-state index in [2.05, 4.69) is 4.98 Å². The van der Waals surface area contributed by atoms with Crippen molar-refractivity contribution in [2.24, 2.45) is 0 Å². The first-order chi connectivity index (χ1) is 9.34. The molecule has 1 aliphatic rings. The molecule has 1 unspecified atom stereocenters. The van der Waals surface area contributed by atoms with Crippen molar-refractivity contribution in [2.45, 2.75) is 10.9 Å². The molecule has 1 saturated heterocycles. The van der Waals surface area contributed by atoms with Gasteiger partial charge in [-0.2, -0.15) is 4.31 Å². The summed E-state index contributed by atoms with van der Waals surface area (Å²) in [6.45, 7) is 0. The maximum atomic E-state index is 12.3. The van der Waals surface area contributed by atoms with E-state index in [0.29, 0.717) is 0 Å². The Bertz CT molecular complexity index is 644. The fourth-order valence-electron chi connectivity index (χ4n) is 1.63. The summed E-state index contributed by atoms with van der Waals surface area (Å²) in [5.41, 5.74) is 0. The van der Waals surface area contributed by atoms with Crippen LogP contribution in [0, 0.1) is 10.1 Å². The second kappa shape index (κ2) is 5.34. The predicted molar refractivity (Wildman–Crippen MR) is 68.7 cm³/mol. The zero-order valence-electron chi connectivity index (χ0n) is 9.87. The van der Waals surface area contributed by atoms with Crippen LogP contribution in [0.4, 0.5) is 5.82 Å². The van der Waals surface area contributed by atoms with Crippen molar-refractivity contribution in [3.8, 4) is 0 Å². The Morgan fingerprint density at radius 2 is 2.25 bits per heavy atom. The van der Waals surface area contributed by atoms with Crippen molar-refractivity contribution >= 4 is 33.6 Å². The van der Waals surface area contributed by atoms with Crippen LogP contribution >= 0.6 is 11.8 Å². The lowest BCUT2D eigenvalue weighted by atomic mass is 10.4. The lowest BCUT2D eigenvalue weighted by molar-refractivity contribution is -0.389. The fraction of sp³-hybridized carbons (Fsp3) is 0.333. The molecule has 0 spiro atoms. The van der Waals surface area contributed by atoms with Gasteiger partial charge in [0.1, 0.15) is 10.9 Å². The maximum Gasteiger partial charge on any atom is 0.363 e. The van der Waals surface area contributed by atoms with Crippen molar-refractivity contribution in [3.63, 3.8) is 0 Å². The van der Waals surface area contributed by atoms with E-state index in [0.717, 1.165) is 22.6 Å². The molecule has 0 aliphatic carbocycles. The number of carboxylic acids is 1. The highest BCUT2D eigenvalue weighted by molar-refractivity contribution is 8.00. The number of rotatable bonds is 4. The second-order valence-corrected chi connectivity index (χ2v) is 6.75. The first-order valence-electron chi connectivity index (χ1n) is 5.27. The van der Waals surface area contributed by atoms with Gasteiger partial charge in [-0.05, 0) is 16.0 Å². The third-order valence-corrected chi connectivity index (χ3v) is 5.66. The van der Waals surface area contributed by atoms with E-state index >= 15 is 0 Å². The topological polar surface area (TPSA) is 131 Å². The summed E-state index contributed by atoms with van der Waals surface area (Å²) in [7, 11) is -4.03. The third kappa shape index (κ3) is 2.59. The average molecular weight is 319 g/mol. The molecule has 0 saturated carbocycles. The highest BCUT2D eigenvalue weighted by Crippen LogP contribution is 2.28. The Hall–Kier alpha value is -1.72. The first-order valence-corrected chi connectivity index (χ1v) is 7.86. The van der Waals surface area contributed by atoms with E-state index in [1.165, 1.54) is 11.8 Å². The molecule has 11 heteroatoms. The standard InChI is InChI=1S/C9H9N3O6S2/c13-9(14)7-4-19-5-11(7)20(17,18)6-1-2-8(10-3-6)12(15)16/h1-3,7H,4-5H2,(H,13,14). The van der Waals surface area contributed by atoms with E-state index in [1.807, 2.05) is 0 Å². The molecule has 1 aliphatic heterocycles. The van der Waals surface area contributed by atoms with Crippen molar-refractivity contribution < 1.29 is 23.2 Å². The Labute approximate surface area is 117 Å². The Balaban J connectivity index is 2.35. The fourth-order valence-corrected chi connectivity index (χ4v) is 4.71. The smallest absolute Gasteiger partial charge is 0.363 e. The summed E-state index contributed by atoms with van der Waals surface area (Å²) < 4.78 is 25.4. The number of carbonyl (C=O) groups is 1. The molecule has 1 atom stereocenters. The van der Waals surface area contributed by atoms with E-state index < -0.39 is 32.8 Å². The summed E-state index contributed by atoms with van der Waals surface area (Å²) in [5, 5.41) is 19.4. The van der Waals surface area contributed by atoms with Gasteiger partial charge in [-0.3, -0.25) is 4.79 Å². The van der Waals surface area contributed by atoms with Gasteiger partial charge in [0.15, 0.2) is 6.20 Å². The molecule has 1 N–H and O–H groups in total. The molecule has 9 nitrogen and oxygen atoms in total. The summed E-state index contributed by atoms with van der Waals surface area (Å²) in [6, 6.07) is 0.869. The van der Waals surface area contributed by atoms with Crippen LogP contribution in [0.15, 0.2) is 23.2 Å². The van der Waals surface area contributed by atoms with Crippen molar-refractivity contribution in [3.05, 3.63) is 28.4 Å². The molecule has 20 heavy (non-hydrogen) atoms. The number of nitro groups is 1. The molecule has 1 aromatic rings. The molecule has 0 aromatic carbocycles. The molecule has 2 rings (SSSR count). The van der Waals surface area contributed by atoms with Crippen LogP contribution < -0.4 is 0 Å². The zero-order chi connectivity index (χ0) is 14.9. The average Bonchev–Trinajstić information content (AvgIpc) is 2.89. The summed E-state index contributed by atoms with van der Waals surface area (Å²) in [4.78, 5) is 23.9. The number of aromatic nitrogens is 1. The highest BCUT2D eigenvalue weighted by Gasteiger charge is 2.40. The second-order valence-electron chi connectivity index (χ2n) is 3.86. The normalized spacial score (nSPS) is 19.9. The van der Waals surface area contributed by atoms with Gasteiger partial charge < -0.3 is 15.2 Å². The van der Waals surface area contributed by atoms with E-state index in [4.69, 9.17) is 5.11 Å². The number of nitrogens with zero attached hydrogens (tertiary/aromatic N) is 3. The number of hydrogen-bond donors (Lipinski definition) is 1. The highest BCUT2D eigenvalue weighted by atomic mass is 32.2. The van der Waals surface area contributed by atoms with Crippen LogP contribution in [-0.2, 0) is 14.8 Å². The molecule has 0 bridgehead atoms. The van der Waals surface area contributed by atoms with Gasteiger partial charge in [0, 0.05) is 11.8 Å². The SMILES string of the molecule is O=C(O)C1CSCN1S(=O)(=O)c1ccc([N+](=O)[O-])nc1. The number of pyridine rings is 1. The first kappa shape index (κ1) is 14.7. The van der Waals surface area contributed by atoms with E-state index in [9.17, 15) is 23.3 Å². The maximum absolute atomic E-state index is 12.3. The van der Waals surface area contributed by atoms with Crippen LogP contribution in [-0.4, -0.2) is 51.4 Å². The van der Waals surface area contributed by atoms with E-state index in [1.54, 1.807) is 0 Å². The predicted octanol–water partition coefficient (Wildman–Crippen LogP) is 0.138. The number of sulfonamides is 1. The molecular formula is C9H9N3O6S2. The van der Waals surface area contributed by atoms with Crippen molar-refractivity contribution in [1.29, 1.82) is 0 Å². The van der Waals surface area contributed by atoms with Crippen molar-refractivity contribution in [1.82, 2.24) is 9.29 Å². The monoisotopic (exact) mass is 319 g/mol. The minimum Gasteiger partial charge on any atom is -0.480 e. The Morgan fingerprint density at radius 3 is 2.75 bits per heavy atom. The lowest BCUT2D eigenvalue weighted by Gasteiger charge is -2.19. The van der Waals surface area contributed by atoms with Gasteiger partial charge in [-0.25, -0.2) is 8.42 Å². The molecule has 1 aromatic heterocycles. The quantitative estimate of drug-likeness (QED) is 0.612. The van der Waals surface area contributed by atoms with Gasteiger partial charge in [-0.15, -0.1) is 11.8 Å². The minimum atomic E-state index is -4.03. The van der Waals surface area contributed by atoms with E-state index in [-0.39, 0.29) is 16.5 Å². The molecule has 0 radical (unpaired) electrons. The summed E-state index contributed by atoms with van der Waals surface area (Å²) in [5.74, 6) is -1.52. The lowest BCUT2D eigenvalue weighted by Crippen LogP contribution is -2.41. The van der Waals surface area contributed by atoms with Crippen LogP contribution in [0.3, 0.4) is 0 Å². The van der Waals surface area contributed by atoms with Crippen LogP contribution in [0.2, 0.25) is 0 Å². The molecule has 1 fully saturated rings. The third-order valence-electron chi connectivity index (χ3n) is 2.64. The van der Waals surface area contributed by atoms with Gasteiger partial charge in [0.05, 0.1) is 5.88 Å². The van der Waals surface area contributed by atoms with Gasteiger partial charge in [0.2, 0.25) is 10.0 Å².